The van der Waals surface area contributed by atoms with E-state index in [0.717, 1.165) is 16.5 Å². The molecule has 2 heterocycles. The van der Waals surface area contributed by atoms with Crippen molar-refractivity contribution in [2.24, 2.45) is 5.92 Å². The zero-order valence-corrected chi connectivity index (χ0v) is 18.5. The second-order valence-electron chi connectivity index (χ2n) is 6.23. The summed E-state index contributed by atoms with van der Waals surface area (Å²) in [5.74, 6) is -0.569. The predicted molar refractivity (Wildman–Crippen MR) is 117 cm³/mol. The highest BCUT2D eigenvalue weighted by Gasteiger charge is 2.27. The number of aromatic nitrogens is 2. The summed E-state index contributed by atoms with van der Waals surface area (Å²) in [7, 11) is 0. The molecule has 3 rings (SSSR count). The van der Waals surface area contributed by atoms with E-state index in [1.807, 2.05) is 49.6 Å². The SMILES string of the molecule is CCC(C)C(NC(=O)c1cccs1)C(=O)Nc1nnc(-c2cccc(Br)c2)s1. The average molecular weight is 479 g/mol. The maximum absolute atomic E-state index is 12.8. The molecule has 2 amide bonds. The summed E-state index contributed by atoms with van der Waals surface area (Å²) < 4.78 is 0.943. The van der Waals surface area contributed by atoms with E-state index in [-0.39, 0.29) is 17.7 Å². The van der Waals surface area contributed by atoms with Gasteiger partial charge in [-0.3, -0.25) is 14.9 Å². The lowest BCUT2D eigenvalue weighted by Crippen LogP contribution is -2.47. The molecule has 2 unspecified atom stereocenters. The molecule has 0 aliphatic heterocycles. The highest BCUT2D eigenvalue weighted by molar-refractivity contribution is 9.10. The lowest BCUT2D eigenvalue weighted by atomic mass is 9.98. The van der Waals surface area contributed by atoms with Crippen LogP contribution in [0, 0.1) is 5.92 Å². The van der Waals surface area contributed by atoms with Crippen LogP contribution in [-0.4, -0.2) is 28.1 Å². The third-order valence-electron chi connectivity index (χ3n) is 4.25. The minimum absolute atomic E-state index is 0.0265. The Hall–Kier alpha value is -2.10. The van der Waals surface area contributed by atoms with Gasteiger partial charge >= 0.3 is 0 Å². The number of benzene rings is 1. The summed E-state index contributed by atoms with van der Waals surface area (Å²) in [6.07, 6.45) is 0.752. The average Bonchev–Trinajstić information content (AvgIpc) is 3.37. The molecule has 3 aromatic rings. The van der Waals surface area contributed by atoms with Crippen molar-refractivity contribution in [1.29, 1.82) is 0 Å². The number of carbonyl (C=O) groups is 2. The van der Waals surface area contributed by atoms with Gasteiger partial charge < -0.3 is 5.32 Å². The number of anilines is 1. The van der Waals surface area contributed by atoms with E-state index in [1.165, 1.54) is 22.7 Å². The van der Waals surface area contributed by atoms with E-state index >= 15 is 0 Å². The smallest absolute Gasteiger partial charge is 0.262 e. The third-order valence-corrected chi connectivity index (χ3v) is 6.50. The Labute approximate surface area is 179 Å². The summed E-state index contributed by atoms with van der Waals surface area (Å²) in [5.41, 5.74) is 0.914. The molecule has 6 nitrogen and oxygen atoms in total. The van der Waals surface area contributed by atoms with E-state index < -0.39 is 6.04 Å². The minimum Gasteiger partial charge on any atom is -0.339 e. The van der Waals surface area contributed by atoms with Crippen LogP contribution in [0.25, 0.3) is 10.6 Å². The Morgan fingerprint density at radius 3 is 2.71 bits per heavy atom. The van der Waals surface area contributed by atoms with Gasteiger partial charge in [0.15, 0.2) is 0 Å². The van der Waals surface area contributed by atoms with Gasteiger partial charge in [0.25, 0.3) is 5.91 Å². The predicted octanol–water partition coefficient (Wildman–Crippen LogP) is 4.81. The molecule has 0 bridgehead atoms. The van der Waals surface area contributed by atoms with Gasteiger partial charge in [0, 0.05) is 10.0 Å². The normalized spacial score (nSPS) is 13.0. The summed E-state index contributed by atoms with van der Waals surface area (Å²) in [6.45, 7) is 3.92. The molecular weight excluding hydrogens is 460 g/mol. The summed E-state index contributed by atoms with van der Waals surface area (Å²) in [6, 6.07) is 10.6. The van der Waals surface area contributed by atoms with Crippen LogP contribution in [0.15, 0.2) is 46.3 Å². The number of hydrogen-bond acceptors (Lipinski definition) is 6. The number of hydrogen-bond donors (Lipinski definition) is 2. The fourth-order valence-electron chi connectivity index (χ4n) is 2.52. The van der Waals surface area contributed by atoms with Crippen molar-refractivity contribution in [3.05, 3.63) is 51.1 Å². The standard InChI is InChI=1S/C19H19BrN4O2S2/c1-3-11(2)15(21-16(25)14-8-5-9-27-14)17(26)22-19-24-23-18(28-19)12-6-4-7-13(20)10-12/h4-11,15H,3H2,1-2H3,(H,21,25)(H,22,24,26). The fourth-order valence-corrected chi connectivity index (χ4v) is 4.29. The van der Waals surface area contributed by atoms with Crippen LogP contribution in [-0.2, 0) is 4.79 Å². The monoisotopic (exact) mass is 478 g/mol. The van der Waals surface area contributed by atoms with Gasteiger partial charge in [-0.15, -0.1) is 21.5 Å². The first-order valence-electron chi connectivity index (χ1n) is 8.72. The Balaban J connectivity index is 1.72. The maximum atomic E-state index is 12.8. The Morgan fingerprint density at radius 1 is 1.21 bits per heavy atom. The summed E-state index contributed by atoms with van der Waals surface area (Å²) in [5, 5.41) is 16.8. The maximum Gasteiger partial charge on any atom is 0.262 e. The molecule has 28 heavy (non-hydrogen) atoms. The zero-order valence-electron chi connectivity index (χ0n) is 15.3. The number of nitrogens with zero attached hydrogens (tertiary/aromatic N) is 2. The summed E-state index contributed by atoms with van der Waals surface area (Å²) in [4.78, 5) is 25.8. The van der Waals surface area contributed by atoms with Crippen molar-refractivity contribution >= 4 is 55.5 Å². The number of thiophene rings is 1. The molecular formula is C19H19BrN4O2S2. The zero-order chi connectivity index (χ0) is 20.1. The topological polar surface area (TPSA) is 84.0 Å². The largest absolute Gasteiger partial charge is 0.339 e. The second kappa shape index (κ2) is 9.40. The van der Waals surface area contributed by atoms with E-state index in [2.05, 4.69) is 36.8 Å². The van der Waals surface area contributed by atoms with E-state index in [1.54, 1.807) is 6.07 Å². The number of rotatable bonds is 7. The van der Waals surface area contributed by atoms with Crippen LogP contribution in [0.4, 0.5) is 5.13 Å². The Kier molecular flexibility index (Phi) is 6.93. The fraction of sp³-hybridized carbons (Fsp3) is 0.263. The second-order valence-corrected chi connectivity index (χ2v) is 9.07. The molecule has 1 aromatic carbocycles. The van der Waals surface area contributed by atoms with Crippen molar-refractivity contribution in [2.45, 2.75) is 26.3 Å². The van der Waals surface area contributed by atoms with Gasteiger partial charge in [0.05, 0.1) is 4.88 Å². The number of nitrogens with one attached hydrogen (secondary N) is 2. The lowest BCUT2D eigenvalue weighted by molar-refractivity contribution is -0.119. The van der Waals surface area contributed by atoms with Gasteiger partial charge in [0.1, 0.15) is 11.0 Å². The molecule has 0 aliphatic rings. The van der Waals surface area contributed by atoms with Crippen LogP contribution in [0.2, 0.25) is 0 Å². The first-order chi connectivity index (χ1) is 13.5. The number of halogens is 1. The van der Waals surface area contributed by atoms with Gasteiger partial charge in [-0.05, 0) is 29.5 Å². The quantitative estimate of drug-likeness (QED) is 0.509. The number of carbonyl (C=O) groups excluding carboxylic acids is 2. The molecule has 2 N–H and O–H groups in total. The molecule has 0 fully saturated rings. The van der Waals surface area contributed by atoms with Crippen LogP contribution in [0.3, 0.4) is 0 Å². The minimum atomic E-state index is -0.655. The van der Waals surface area contributed by atoms with Gasteiger partial charge in [-0.1, -0.05) is 65.7 Å². The van der Waals surface area contributed by atoms with Gasteiger partial charge in [0.2, 0.25) is 11.0 Å². The van der Waals surface area contributed by atoms with E-state index in [9.17, 15) is 9.59 Å². The molecule has 0 radical (unpaired) electrons. The molecule has 2 aromatic heterocycles. The third kappa shape index (κ3) is 5.03. The van der Waals surface area contributed by atoms with Crippen molar-refractivity contribution in [3.63, 3.8) is 0 Å². The molecule has 0 saturated heterocycles. The van der Waals surface area contributed by atoms with Crippen LogP contribution in [0.1, 0.15) is 29.9 Å². The molecule has 0 aliphatic carbocycles. The van der Waals surface area contributed by atoms with Crippen molar-refractivity contribution in [3.8, 4) is 10.6 Å². The van der Waals surface area contributed by atoms with Crippen LogP contribution < -0.4 is 10.6 Å². The van der Waals surface area contributed by atoms with Gasteiger partial charge in [-0.2, -0.15) is 0 Å². The summed E-state index contributed by atoms with van der Waals surface area (Å²) >= 11 is 6.07. The molecule has 146 valence electrons. The van der Waals surface area contributed by atoms with Crippen molar-refractivity contribution in [1.82, 2.24) is 15.5 Å². The van der Waals surface area contributed by atoms with E-state index in [4.69, 9.17) is 0 Å². The molecule has 0 saturated carbocycles. The van der Waals surface area contributed by atoms with Crippen LogP contribution >= 0.6 is 38.6 Å². The first-order valence-corrected chi connectivity index (χ1v) is 11.2. The first kappa shape index (κ1) is 20.6. The lowest BCUT2D eigenvalue weighted by Gasteiger charge is -2.22. The van der Waals surface area contributed by atoms with Crippen LogP contribution in [0.5, 0.6) is 0 Å². The highest BCUT2D eigenvalue weighted by atomic mass is 79.9. The Morgan fingerprint density at radius 2 is 2.04 bits per heavy atom. The highest BCUT2D eigenvalue weighted by Crippen LogP contribution is 2.28. The molecule has 2 atom stereocenters. The number of amides is 2. The Bertz CT molecular complexity index is 959. The molecule has 9 heteroatoms. The van der Waals surface area contributed by atoms with Crippen molar-refractivity contribution < 1.29 is 9.59 Å². The molecule has 0 spiro atoms. The van der Waals surface area contributed by atoms with E-state index in [0.29, 0.717) is 15.0 Å². The van der Waals surface area contributed by atoms with Crippen molar-refractivity contribution in [2.75, 3.05) is 5.32 Å². The van der Waals surface area contributed by atoms with Gasteiger partial charge in [-0.25, -0.2) is 0 Å².